The molecule has 3 fully saturated rings. The number of fused-ring (bicyclic) bond motifs is 4. The maximum atomic E-state index is 6.98. The van der Waals surface area contributed by atoms with E-state index in [9.17, 15) is 0 Å². The Morgan fingerprint density at radius 2 is 1.64 bits per heavy atom. The number of hydrogen-bond acceptors (Lipinski definition) is 2. The second kappa shape index (κ2) is 10.0. The molecule has 0 spiro atoms. The zero-order valence-corrected chi connectivity index (χ0v) is 20.9. The van der Waals surface area contributed by atoms with Gasteiger partial charge in [0.2, 0.25) is 0 Å². The minimum atomic E-state index is -0.00427. The number of aromatic nitrogens is 1. The van der Waals surface area contributed by atoms with Crippen molar-refractivity contribution < 1.29 is 9.22 Å². The third kappa shape index (κ3) is 4.38. The van der Waals surface area contributed by atoms with Crippen molar-refractivity contribution in [2.75, 3.05) is 13.1 Å². The van der Waals surface area contributed by atoms with Crippen LogP contribution in [0.15, 0.2) is 110 Å². The first-order valence-corrected chi connectivity index (χ1v) is 13.3. The maximum Gasteiger partial charge on any atom is 0.135 e. The van der Waals surface area contributed by atoms with Crippen molar-refractivity contribution in [3.8, 4) is 0 Å². The first kappa shape index (κ1) is 23.1. The average Bonchev–Trinajstić information content (AvgIpc) is 2.94. The Bertz CT molecular complexity index is 1320. The summed E-state index contributed by atoms with van der Waals surface area (Å²) >= 11 is 0. The molecule has 3 aliphatic rings. The van der Waals surface area contributed by atoms with Gasteiger partial charge in [-0.05, 0) is 29.2 Å². The minimum Gasteiger partial charge on any atom is -0.363 e. The van der Waals surface area contributed by atoms with Gasteiger partial charge in [0.05, 0.1) is 25.2 Å². The van der Waals surface area contributed by atoms with E-state index < -0.39 is 0 Å². The van der Waals surface area contributed by atoms with Gasteiger partial charge in [0, 0.05) is 35.9 Å². The van der Waals surface area contributed by atoms with Crippen LogP contribution in [0, 0.1) is 11.8 Å². The molecule has 0 saturated carbocycles. The Hall–Kier alpha value is -3.27. The molecular formula is C33H35N2O+. The number of benzene rings is 3. The molecule has 0 N–H and O–H groups in total. The fourth-order valence-corrected chi connectivity index (χ4v) is 6.85. The Morgan fingerprint density at radius 1 is 0.917 bits per heavy atom. The van der Waals surface area contributed by atoms with Crippen molar-refractivity contribution in [1.29, 1.82) is 0 Å². The standard InChI is InChI=1S/C33H35N2O/c1-2-27-23-35(22-25-11-5-3-6-12-25)20-18-28(27)21-32(35)33(36-24-26-13-7-4-8-14-26)30-17-19-34-31-16-10-9-15-29(30)31/h2-17,19,27-28,32-33H,1,18,20-24H2/q+1/t27?,28?,32-,33?,35?/m0/s1. The van der Waals surface area contributed by atoms with Crippen LogP contribution >= 0.6 is 0 Å². The first-order chi connectivity index (χ1) is 17.8. The molecule has 3 saturated heterocycles. The van der Waals surface area contributed by atoms with E-state index in [0.29, 0.717) is 24.5 Å². The molecule has 3 aliphatic heterocycles. The lowest BCUT2D eigenvalue weighted by Crippen LogP contribution is -2.67. The maximum absolute atomic E-state index is 6.98. The molecule has 3 aromatic carbocycles. The fourth-order valence-electron chi connectivity index (χ4n) is 6.85. The topological polar surface area (TPSA) is 22.1 Å². The quantitative estimate of drug-likeness (QED) is 0.200. The number of piperidine rings is 3. The van der Waals surface area contributed by atoms with Crippen LogP contribution in [-0.4, -0.2) is 28.6 Å². The highest BCUT2D eigenvalue weighted by molar-refractivity contribution is 5.82. The molecule has 182 valence electrons. The number of rotatable bonds is 8. The Balaban J connectivity index is 1.44. The first-order valence-electron chi connectivity index (χ1n) is 13.3. The summed E-state index contributed by atoms with van der Waals surface area (Å²) in [6.45, 7) is 8.22. The van der Waals surface area contributed by atoms with E-state index in [4.69, 9.17) is 4.74 Å². The summed E-state index contributed by atoms with van der Waals surface area (Å²) in [6.07, 6.45) is 6.61. The minimum absolute atomic E-state index is 0.00427. The lowest BCUT2D eigenvalue weighted by atomic mass is 9.71. The molecular weight excluding hydrogens is 440 g/mol. The van der Waals surface area contributed by atoms with Gasteiger partial charge in [-0.25, -0.2) is 0 Å². The van der Waals surface area contributed by atoms with Crippen LogP contribution in [0.5, 0.6) is 0 Å². The van der Waals surface area contributed by atoms with Crippen LogP contribution in [0.2, 0.25) is 0 Å². The zero-order valence-electron chi connectivity index (χ0n) is 20.9. The van der Waals surface area contributed by atoms with E-state index in [1.807, 2.05) is 6.20 Å². The molecule has 3 heteroatoms. The predicted molar refractivity (Wildman–Crippen MR) is 146 cm³/mol. The highest BCUT2D eigenvalue weighted by Crippen LogP contribution is 2.49. The third-order valence-corrected chi connectivity index (χ3v) is 8.63. The fraction of sp³-hybridized carbons (Fsp3) is 0.303. The van der Waals surface area contributed by atoms with Gasteiger partial charge in [-0.1, -0.05) is 84.9 Å². The van der Waals surface area contributed by atoms with Gasteiger partial charge in [0.25, 0.3) is 0 Å². The lowest BCUT2D eigenvalue weighted by molar-refractivity contribution is -0.985. The van der Waals surface area contributed by atoms with Gasteiger partial charge >= 0.3 is 0 Å². The summed E-state index contributed by atoms with van der Waals surface area (Å²) in [7, 11) is 0. The normalized spacial score (nSPS) is 26.1. The average molecular weight is 476 g/mol. The van der Waals surface area contributed by atoms with Crippen molar-refractivity contribution in [2.24, 2.45) is 11.8 Å². The largest absolute Gasteiger partial charge is 0.363 e. The predicted octanol–water partition coefficient (Wildman–Crippen LogP) is 7.10. The molecule has 0 amide bonds. The molecule has 4 unspecified atom stereocenters. The molecule has 36 heavy (non-hydrogen) atoms. The molecule has 3 nitrogen and oxygen atoms in total. The van der Waals surface area contributed by atoms with Crippen LogP contribution in [-0.2, 0) is 17.9 Å². The van der Waals surface area contributed by atoms with Crippen LogP contribution in [0.1, 0.15) is 35.6 Å². The molecule has 1 aromatic heterocycles. The van der Waals surface area contributed by atoms with E-state index in [1.54, 1.807) is 0 Å². The van der Waals surface area contributed by atoms with Crippen LogP contribution < -0.4 is 0 Å². The lowest BCUT2D eigenvalue weighted by Gasteiger charge is -2.58. The highest BCUT2D eigenvalue weighted by Gasteiger charge is 2.54. The van der Waals surface area contributed by atoms with E-state index in [-0.39, 0.29) is 6.10 Å². The molecule has 4 aromatic rings. The molecule has 4 heterocycles. The van der Waals surface area contributed by atoms with E-state index in [2.05, 4.69) is 109 Å². The van der Waals surface area contributed by atoms with Gasteiger partial charge in [0.1, 0.15) is 18.7 Å². The number of pyridine rings is 1. The summed E-state index contributed by atoms with van der Waals surface area (Å²) in [4.78, 5) is 4.67. The summed E-state index contributed by atoms with van der Waals surface area (Å²) in [5, 5.41) is 1.21. The molecule has 0 aliphatic carbocycles. The van der Waals surface area contributed by atoms with Crippen molar-refractivity contribution in [2.45, 2.75) is 38.1 Å². The van der Waals surface area contributed by atoms with E-state index in [0.717, 1.165) is 23.1 Å². The number of quaternary nitrogens is 1. The van der Waals surface area contributed by atoms with Crippen LogP contribution in [0.4, 0.5) is 0 Å². The molecule has 7 rings (SSSR count). The van der Waals surface area contributed by atoms with Gasteiger partial charge in [-0.15, -0.1) is 6.58 Å². The van der Waals surface area contributed by atoms with Crippen LogP contribution in [0.3, 0.4) is 0 Å². The van der Waals surface area contributed by atoms with Gasteiger partial charge < -0.3 is 9.22 Å². The van der Waals surface area contributed by atoms with Crippen molar-refractivity contribution in [3.63, 3.8) is 0 Å². The second-order valence-corrected chi connectivity index (χ2v) is 10.7. The number of hydrogen-bond donors (Lipinski definition) is 0. The third-order valence-electron chi connectivity index (χ3n) is 8.63. The van der Waals surface area contributed by atoms with Crippen molar-refractivity contribution in [3.05, 3.63) is 127 Å². The van der Waals surface area contributed by atoms with Gasteiger partial charge in [-0.3, -0.25) is 4.98 Å². The monoisotopic (exact) mass is 475 g/mol. The summed E-state index contributed by atoms with van der Waals surface area (Å²) in [6, 6.07) is 32.7. The smallest absolute Gasteiger partial charge is 0.135 e. The zero-order chi connectivity index (χ0) is 24.4. The summed E-state index contributed by atoms with van der Waals surface area (Å²) in [5.41, 5.74) is 4.94. The van der Waals surface area contributed by atoms with Crippen molar-refractivity contribution in [1.82, 2.24) is 4.98 Å². The summed E-state index contributed by atoms with van der Waals surface area (Å²) in [5.74, 6) is 1.25. The Kier molecular flexibility index (Phi) is 6.43. The highest BCUT2D eigenvalue weighted by atomic mass is 16.5. The number of para-hydroxylation sites is 1. The Morgan fingerprint density at radius 3 is 2.42 bits per heavy atom. The Labute approximate surface area is 214 Å². The van der Waals surface area contributed by atoms with E-state index >= 15 is 0 Å². The number of ether oxygens (including phenoxy) is 1. The van der Waals surface area contributed by atoms with Gasteiger partial charge in [0.15, 0.2) is 0 Å². The molecule has 5 atom stereocenters. The molecule has 2 bridgehead atoms. The second-order valence-electron chi connectivity index (χ2n) is 10.7. The van der Waals surface area contributed by atoms with Crippen LogP contribution in [0.25, 0.3) is 10.9 Å². The van der Waals surface area contributed by atoms with E-state index in [1.165, 1.54) is 41.5 Å². The number of nitrogens with zero attached hydrogens (tertiary/aromatic N) is 2. The van der Waals surface area contributed by atoms with Gasteiger partial charge in [-0.2, -0.15) is 0 Å². The van der Waals surface area contributed by atoms with Crippen molar-refractivity contribution >= 4 is 10.9 Å². The SMILES string of the molecule is C=CC1C[N+]2(Cc3ccccc3)CCC1C[C@H]2C(OCc1ccccc1)c1ccnc2ccccc12. The summed E-state index contributed by atoms with van der Waals surface area (Å²) < 4.78 is 8.04. The molecule has 0 radical (unpaired) electrons.